The van der Waals surface area contributed by atoms with Crippen LogP contribution in [0.25, 0.3) is 0 Å². The fraction of sp³-hybridized carbons (Fsp3) is 0.500. The van der Waals surface area contributed by atoms with Gasteiger partial charge in [0.05, 0.1) is 12.6 Å². The third-order valence-corrected chi connectivity index (χ3v) is 1.64. The molecule has 1 aliphatic heterocycles. The van der Waals surface area contributed by atoms with Crippen molar-refractivity contribution in [1.82, 2.24) is 5.32 Å². The van der Waals surface area contributed by atoms with E-state index in [1.165, 1.54) is 5.57 Å². The van der Waals surface area contributed by atoms with Crippen molar-refractivity contribution in [2.24, 2.45) is 0 Å². The van der Waals surface area contributed by atoms with E-state index in [1.807, 2.05) is 12.3 Å². The van der Waals surface area contributed by atoms with Crippen molar-refractivity contribution < 1.29 is 4.74 Å². The number of dihydropyridines is 1. The molecule has 1 aliphatic rings. The average molecular weight is 139 g/mol. The topological polar surface area (TPSA) is 21.3 Å². The Hall–Kier alpha value is -0.760. The second-order valence-electron chi connectivity index (χ2n) is 2.44. The van der Waals surface area contributed by atoms with Crippen LogP contribution in [0.15, 0.2) is 23.9 Å². The fourth-order valence-electron chi connectivity index (χ4n) is 0.965. The molecule has 0 aromatic rings. The predicted molar refractivity (Wildman–Crippen MR) is 41.7 cm³/mol. The molecule has 0 radical (unpaired) electrons. The first-order valence-electron chi connectivity index (χ1n) is 3.43. The molecule has 0 saturated heterocycles. The molecule has 0 fully saturated rings. The summed E-state index contributed by atoms with van der Waals surface area (Å²) in [6, 6.07) is 0.370. The lowest BCUT2D eigenvalue weighted by Gasteiger charge is -2.19. The number of hydrogen-bond acceptors (Lipinski definition) is 2. The van der Waals surface area contributed by atoms with Crippen LogP contribution in [0.1, 0.15) is 6.92 Å². The third kappa shape index (κ3) is 1.61. The third-order valence-electron chi connectivity index (χ3n) is 1.64. The molecule has 2 heteroatoms. The van der Waals surface area contributed by atoms with Crippen LogP contribution >= 0.6 is 0 Å². The van der Waals surface area contributed by atoms with Crippen molar-refractivity contribution in [1.29, 1.82) is 0 Å². The highest BCUT2D eigenvalue weighted by Crippen LogP contribution is 2.05. The molecule has 2 nitrogen and oxygen atoms in total. The van der Waals surface area contributed by atoms with E-state index in [0.29, 0.717) is 6.04 Å². The molecule has 0 spiro atoms. The summed E-state index contributed by atoms with van der Waals surface area (Å²) < 4.78 is 5.01. The smallest absolute Gasteiger partial charge is 0.0702 e. The molecule has 0 bridgehead atoms. The number of nitrogens with one attached hydrogen (secondary N) is 1. The van der Waals surface area contributed by atoms with Gasteiger partial charge in [0.2, 0.25) is 0 Å². The van der Waals surface area contributed by atoms with Gasteiger partial charge in [0.1, 0.15) is 0 Å². The van der Waals surface area contributed by atoms with Gasteiger partial charge in [-0.25, -0.2) is 0 Å². The van der Waals surface area contributed by atoms with Gasteiger partial charge in [-0.1, -0.05) is 6.08 Å². The van der Waals surface area contributed by atoms with E-state index in [1.54, 1.807) is 7.11 Å². The zero-order valence-electron chi connectivity index (χ0n) is 6.42. The highest BCUT2D eigenvalue weighted by molar-refractivity contribution is 5.20. The standard InChI is InChI=1S/C8H13NO/c1-7-4-3-5-9-8(7)6-10-2/h3-5,8-9H,6H2,1-2H3. The Morgan fingerprint density at radius 2 is 2.50 bits per heavy atom. The van der Waals surface area contributed by atoms with Crippen LogP contribution in [0.4, 0.5) is 0 Å². The van der Waals surface area contributed by atoms with Gasteiger partial charge >= 0.3 is 0 Å². The van der Waals surface area contributed by atoms with Crippen molar-refractivity contribution in [3.05, 3.63) is 23.9 Å². The summed E-state index contributed by atoms with van der Waals surface area (Å²) in [5.41, 5.74) is 1.32. The van der Waals surface area contributed by atoms with Gasteiger partial charge in [-0.15, -0.1) is 0 Å². The molecule has 1 N–H and O–H groups in total. The number of rotatable bonds is 2. The van der Waals surface area contributed by atoms with Crippen LogP contribution in [0.2, 0.25) is 0 Å². The molecular weight excluding hydrogens is 126 g/mol. The van der Waals surface area contributed by atoms with Crippen LogP contribution in [0, 0.1) is 0 Å². The van der Waals surface area contributed by atoms with Gasteiger partial charge in [-0.3, -0.25) is 0 Å². The van der Waals surface area contributed by atoms with E-state index >= 15 is 0 Å². The van der Waals surface area contributed by atoms with Crippen molar-refractivity contribution in [3.63, 3.8) is 0 Å². The van der Waals surface area contributed by atoms with Gasteiger partial charge in [-0.2, -0.15) is 0 Å². The molecule has 0 aromatic heterocycles. The Labute approximate surface area is 61.6 Å². The van der Waals surface area contributed by atoms with Gasteiger partial charge in [-0.05, 0) is 24.8 Å². The van der Waals surface area contributed by atoms with Crippen LogP contribution in [0.3, 0.4) is 0 Å². The van der Waals surface area contributed by atoms with Gasteiger partial charge in [0, 0.05) is 7.11 Å². The maximum atomic E-state index is 5.01. The first-order valence-corrected chi connectivity index (χ1v) is 3.43. The Balaban J connectivity index is 2.47. The minimum absolute atomic E-state index is 0.370. The minimum atomic E-state index is 0.370. The maximum absolute atomic E-state index is 5.01. The number of methoxy groups -OCH3 is 1. The average Bonchev–Trinajstić information content (AvgIpc) is 1.94. The van der Waals surface area contributed by atoms with Crippen LogP contribution in [0.5, 0.6) is 0 Å². The minimum Gasteiger partial charge on any atom is -0.382 e. The number of ether oxygens (including phenoxy) is 1. The van der Waals surface area contributed by atoms with Crippen LogP contribution < -0.4 is 5.32 Å². The summed E-state index contributed by atoms with van der Waals surface area (Å²) >= 11 is 0. The fourth-order valence-corrected chi connectivity index (χ4v) is 0.965. The predicted octanol–water partition coefficient (Wildman–Crippen LogP) is 1.06. The summed E-state index contributed by atoms with van der Waals surface area (Å²) in [7, 11) is 1.72. The maximum Gasteiger partial charge on any atom is 0.0702 e. The molecule has 0 aromatic carbocycles. The quantitative estimate of drug-likeness (QED) is 0.617. The monoisotopic (exact) mass is 139 g/mol. The van der Waals surface area contributed by atoms with E-state index in [4.69, 9.17) is 4.74 Å². The summed E-state index contributed by atoms with van der Waals surface area (Å²) in [5, 5.41) is 3.20. The van der Waals surface area contributed by atoms with Gasteiger partial charge < -0.3 is 10.1 Å². The summed E-state index contributed by atoms with van der Waals surface area (Å²) in [5.74, 6) is 0. The lowest BCUT2D eigenvalue weighted by Crippen LogP contribution is -2.31. The lowest BCUT2D eigenvalue weighted by molar-refractivity contribution is 0.181. The van der Waals surface area contributed by atoms with Crippen molar-refractivity contribution >= 4 is 0 Å². The van der Waals surface area contributed by atoms with Crippen molar-refractivity contribution in [2.45, 2.75) is 13.0 Å². The van der Waals surface area contributed by atoms with Crippen LogP contribution in [-0.4, -0.2) is 19.8 Å². The second kappa shape index (κ2) is 3.42. The molecule has 56 valence electrons. The Kier molecular flexibility index (Phi) is 2.51. The molecule has 0 saturated carbocycles. The second-order valence-corrected chi connectivity index (χ2v) is 2.44. The van der Waals surface area contributed by atoms with E-state index in [2.05, 4.69) is 18.3 Å². The largest absolute Gasteiger partial charge is 0.382 e. The summed E-state index contributed by atoms with van der Waals surface area (Å²) in [6.07, 6.45) is 6.04. The highest BCUT2D eigenvalue weighted by atomic mass is 16.5. The number of allylic oxidation sites excluding steroid dienone is 2. The molecule has 0 aliphatic carbocycles. The van der Waals surface area contributed by atoms with Crippen molar-refractivity contribution in [3.8, 4) is 0 Å². The van der Waals surface area contributed by atoms with E-state index in [-0.39, 0.29) is 0 Å². The normalized spacial score (nSPS) is 23.8. The number of hydrogen-bond donors (Lipinski definition) is 1. The first kappa shape index (κ1) is 7.35. The molecule has 10 heavy (non-hydrogen) atoms. The molecule has 0 amide bonds. The van der Waals surface area contributed by atoms with Gasteiger partial charge in [0.25, 0.3) is 0 Å². The zero-order chi connectivity index (χ0) is 7.40. The molecule has 1 unspecified atom stereocenters. The van der Waals surface area contributed by atoms with E-state index in [0.717, 1.165) is 6.61 Å². The molecule has 1 atom stereocenters. The summed E-state index contributed by atoms with van der Waals surface area (Å²) in [6.45, 7) is 2.84. The van der Waals surface area contributed by atoms with Crippen LogP contribution in [-0.2, 0) is 4.74 Å². The van der Waals surface area contributed by atoms with E-state index in [9.17, 15) is 0 Å². The Bertz CT molecular complexity index is 161. The molecule has 1 heterocycles. The Morgan fingerprint density at radius 1 is 1.70 bits per heavy atom. The first-order chi connectivity index (χ1) is 4.84. The van der Waals surface area contributed by atoms with Gasteiger partial charge in [0.15, 0.2) is 0 Å². The highest BCUT2D eigenvalue weighted by Gasteiger charge is 2.08. The summed E-state index contributed by atoms with van der Waals surface area (Å²) in [4.78, 5) is 0. The molecule has 1 rings (SSSR count). The van der Waals surface area contributed by atoms with E-state index < -0.39 is 0 Å². The Morgan fingerprint density at radius 3 is 3.10 bits per heavy atom. The lowest BCUT2D eigenvalue weighted by atomic mass is 10.1. The SMILES string of the molecule is COCC1NC=CC=C1C. The van der Waals surface area contributed by atoms with Crippen molar-refractivity contribution in [2.75, 3.05) is 13.7 Å². The zero-order valence-corrected chi connectivity index (χ0v) is 6.42. The molecular formula is C8H13NO.